The summed E-state index contributed by atoms with van der Waals surface area (Å²) in [5, 5.41) is 3.43. The Balaban J connectivity index is 1.53. The lowest BCUT2D eigenvalue weighted by Gasteiger charge is -2.34. The van der Waals surface area contributed by atoms with E-state index in [1.807, 2.05) is 25.1 Å². The summed E-state index contributed by atoms with van der Waals surface area (Å²) in [6, 6.07) is 7.63. The van der Waals surface area contributed by atoms with Gasteiger partial charge in [0.05, 0.1) is 18.7 Å². The molecule has 2 aromatic heterocycles. The third kappa shape index (κ3) is 5.05. The van der Waals surface area contributed by atoms with Crippen LogP contribution in [0.15, 0.2) is 30.5 Å². The normalized spacial score (nSPS) is 14.8. The first kappa shape index (κ1) is 19.3. The van der Waals surface area contributed by atoms with Gasteiger partial charge in [-0.15, -0.1) is 11.3 Å². The van der Waals surface area contributed by atoms with Crippen LogP contribution in [0.3, 0.4) is 0 Å². The van der Waals surface area contributed by atoms with Crippen LogP contribution in [0.1, 0.15) is 22.2 Å². The third-order valence-electron chi connectivity index (χ3n) is 4.32. The molecule has 0 saturated carbocycles. The van der Waals surface area contributed by atoms with Gasteiger partial charge in [-0.2, -0.15) is 0 Å². The maximum Gasteiger partial charge on any atom is 0.341 e. The first-order valence-electron chi connectivity index (χ1n) is 9.02. The van der Waals surface area contributed by atoms with Gasteiger partial charge in [-0.3, -0.25) is 9.69 Å². The molecule has 0 aromatic carbocycles. The Morgan fingerprint density at radius 1 is 1.26 bits per heavy atom. The minimum Gasteiger partial charge on any atom is -0.462 e. The summed E-state index contributed by atoms with van der Waals surface area (Å²) in [5.74, 6) is 0.449. The number of carbonyl (C=O) groups is 2. The standard InChI is InChI=1S/C19H24N4O3S/c1-3-26-19(25)15-12-14(2)27-18(15)21-17(24)13-22-8-10-23(11-9-22)16-6-4-5-7-20-16/h4-7,12H,3,8-11,13H2,1-2H3,(H,21,24). The molecule has 1 fully saturated rings. The number of amides is 1. The van der Waals surface area contributed by atoms with E-state index in [2.05, 4.69) is 20.1 Å². The highest BCUT2D eigenvalue weighted by molar-refractivity contribution is 7.16. The molecular weight excluding hydrogens is 364 g/mol. The highest BCUT2D eigenvalue weighted by atomic mass is 32.1. The van der Waals surface area contributed by atoms with E-state index in [9.17, 15) is 9.59 Å². The SMILES string of the molecule is CCOC(=O)c1cc(C)sc1NC(=O)CN1CCN(c2ccccn2)CC1. The maximum absolute atomic E-state index is 12.4. The van der Waals surface area contributed by atoms with Crippen molar-refractivity contribution in [3.8, 4) is 0 Å². The topological polar surface area (TPSA) is 74.8 Å². The number of thiophene rings is 1. The number of nitrogens with one attached hydrogen (secondary N) is 1. The summed E-state index contributed by atoms with van der Waals surface area (Å²) in [6.07, 6.45) is 1.79. The van der Waals surface area contributed by atoms with Gasteiger partial charge >= 0.3 is 5.97 Å². The number of aryl methyl sites for hydroxylation is 1. The van der Waals surface area contributed by atoms with E-state index in [-0.39, 0.29) is 5.91 Å². The first-order valence-corrected chi connectivity index (χ1v) is 9.84. The van der Waals surface area contributed by atoms with Crippen LogP contribution in [-0.2, 0) is 9.53 Å². The molecule has 1 saturated heterocycles. The molecule has 3 heterocycles. The van der Waals surface area contributed by atoms with E-state index < -0.39 is 5.97 Å². The van der Waals surface area contributed by atoms with Gasteiger partial charge in [-0.05, 0) is 32.0 Å². The monoisotopic (exact) mass is 388 g/mol. The van der Waals surface area contributed by atoms with E-state index in [1.54, 1.807) is 19.2 Å². The fourth-order valence-corrected chi connectivity index (χ4v) is 3.93. The van der Waals surface area contributed by atoms with Gasteiger partial charge in [0.25, 0.3) is 0 Å². The molecule has 1 aliphatic rings. The van der Waals surface area contributed by atoms with Crippen LogP contribution in [0.2, 0.25) is 0 Å². The molecule has 2 aromatic rings. The van der Waals surface area contributed by atoms with Crippen molar-refractivity contribution in [3.63, 3.8) is 0 Å². The highest BCUT2D eigenvalue weighted by Crippen LogP contribution is 2.28. The number of nitrogens with zero attached hydrogens (tertiary/aromatic N) is 3. The molecule has 0 bridgehead atoms. The van der Waals surface area contributed by atoms with Crippen LogP contribution in [0, 0.1) is 6.92 Å². The fourth-order valence-electron chi connectivity index (χ4n) is 3.01. The Kier molecular flexibility index (Phi) is 6.41. The average Bonchev–Trinajstić information content (AvgIpc) is 3.03. The maximum atomic E-state index is 12.4. The summed E-state index contributed by atoms with van der Waals surface area (Å²) < 4.78 is 5.06. The van der Waals surface area contributed by atoms with Crippen LogP contribution in [0.4, 0.5) is 10.8 Å². The summed E-state index contributed by atoms with van der Waals surface area (Å²) in [4.78, 5) is 34.1. The van der Waals surface area contributed by atoms with E-state index in [1.165, 1.54) is 11.3 Å². The molecule has 27 heavy (non-hydrogen) atoms. The molecule has 0 radical (unpaired) electrons. The van der Waals surface area contributed by atoms with Crippen molar-refractivity contribution in [1.29, 1.82) is 0 Å². The zero-order chi connectivity index (χ0) is 19.2. The summed E-state index contributed by atoms with van der Waals surface area (Å²) >= 11 is 1.39. The first-order chi connectivity index (χ1) is 13.1. The van der Waals surface area contributed by atoms with Gasteiger partial charge in [0, 0.05) is 37.3 Å². The number of pyridine rings is 1. The highest BCUT2D eigenvalue weighted by Gasteiger charge is 2.22. The summed E-state index contributed by atoms with van der Waals surface area (Å²) in [7, 11) is 0. The second-order valence-electron chi connectivity index (χ2n) is 6.32. The molecule has 1 aliphatic heterocycles. The van der Waals surface area contributed by atoms with Gasteiger partial charge in [0.15, 0.2) is 0 Å². The zero-order valence-corrected chi connectivity index (χ0v) is 16.4. The number of ether oxygens (including phenoxy) is 1. The number of hydrogen-bond acceptors (Lipinski definition) is 7. The van der Waals surface area contributed by atoms with Crippen LogP contribution in [0.5, 0.6) is 0 Å². The predicted octanol–water partition coefficient (Wildman–Crippen LogP) is 2.39. The number of rotatable bonds is 6. The third-order valence-corrected chi connectivity index (χ3v) is 5.28. The van der Waals surface area contributed by atoms with Crippen molar-refractivity contribution >= 4 is 34.0 Å². The molecule has 0 aliphatic carbocycles. The van der Waals surface area contributed by atoms with E-state index in [0.717, 1.165) is 36.9 Å². The minimum absolute atomic E-state index is 0.117. The smallest absolute Gasteiger partial charge is 0.341 e. The lowest BCUT2D eigenvalue weighted by molar-refractivity contribution is -0.117. The van der Waals surface area contributed by atoms with Crippen LogP contribution >= 0.6 is 11.3 Å². The van der Waals surface area contributed by atoms with Gasteiger partial charge in [0.1, 0.15) is 10.8 Å². The Morgan fingerprint density at radius 2 is 2.04 bits per heavy atom. The second kappa shape index (κ2) is 8.96. The van der Waals surface area contributed by atoms with Gasteiger partial charge < -0.3 is 15.0 Å². The average molecular weight is 388 g/mol. The second-order valence-corrected chi connectivity index (χ2v) is 7.58. The molecular formula is C19H24N4O3S. The number of piperazine rings is 1. The largest absolute Gasteiger partial charge is 0.462 e. The molecule has 7 nitrogen and oxygen atoms in total. The molecule has 0 atom stereocenters. The van der Waals surface area contributed by atoms with Crippen molar-refractivity contribution < 1.29 is 14.3 Å². The predicted molar refractivity (Wildman–Crippen MR) is 107 cm³/mol. The minimum atomic E-state index is -0.402. The molecule has 1 N–H and O–H groups in total. The number of hydrogen-bond donors (Lipinski definition) is 1. The van der Waals surface area contributed by atoms with Crippen molar-refractivity contribution in [3.05, 3.63) is 40.9 Å². The number of anilines is 2. The lowest BCUT2D eigenvalue weighted by Crippen LogP contribution is -2.48. The van der Waals surface area contributed by atoms with Crippen LogP contribution in [0.25, 0.3) is 0 Å². The Bertz CT molecular complexity index is 786. The Morgan fingerprint density at radius 3 is 2.70 bits per heavy atom. The van der Waals surface area contributed by atoms with Crippen molar-refractivity contribution in [2.24, 2.45) is 0 Å². The summed E-state index contributed by atoms with van der Waals surface area (Å²) in [6.45, 7) is 7.51. The Labute approximate surface area is 162 Å². The van der Waals surface area contributed by atoms with E-state index >= 15 is 0 Å². The molecule has 0 unspecified atom stereocenters. The molecule has 0 spiro atoms. The number of carbonyl (C=O) groups excluding carboxylic acids is 2. The van der Waals surface area contributed by atoms with Crippen LogP contribution < -0.4 is 10.2 Å². The van der Waals surface area contributed by atoms with E-state index in [0.29, 0.717) is 23.7 Å². The molecule has 1 amide bonds. The molecule has 144 valence electrons. The lowest BCUT2D eigenvalue weighted by atomic mass is 10.3. The molecule has 8 heteroatoms. The van der Waals surface area contributed by atoms with Gasteiger partial charge in [0.2, 0.25) is 5.91 Å². The number of esters is 1. The fraction of sp³-hybridized carbons (Fsp3) is 0.421. The van der Waals surface area contributed by atoms with Crippen molar-refractivity contribution in [1.82, 2.24) is 9.88 Å². The Hall–Kier alpha value is -2.45. The van der Waals surface area contributed by atoms with Gasteiger partial charge in [-0.1, -0.05) is 6.07 Å². The van der Waals surface area contributed by atoms with Crippen molar-refractivity contribution in [2.75, 3.05) is 49.5 Å². The summed E-state index contributed by atoms with van der Waals surface area (Å²) in [5.41, 5.74) is 0.424. The quantitative estimate of drug-likeness (QED) is 0.766. The van der Waals surface area contributed by atoms with Crippen molar-refractivity contribution in [2.45, 2.75) is 13.8 Å². The molecule has 3 rings (SSSR count). The zero-order valence-electron chi connectivity index (χ0n) is 15.6. The number of aromatic nitrogens is 1. The van der Waals surface area contributed by atoms with Crippen LogP contribution in [-0.4, -0.2) is 61.1 Å². The van der Waals surface area contributed by atoms with E-state index in [4.69, 9.17) is 4.74 Å². The van der Waals surface area contributed by atoms with Gasteiger partial charge in [-0.25, -0.2) is 9.78 Å².